The topological polar surface area (TPSA) is 88.1 Å². The molecule has 0 bridgehead atoms. The van der Waals surface area contributed by atoms with Gasteiger partial charge < -0.3 is 18.9 Å². The van der Waals surface area contributed by atoms with Crippen molar-refractivity contribution < 1.29 is 33.3 Å². The van der Waals surface area contributed by atoms with E-state index in [0.717, 1.165) is 0 Å². The molecule has 1 atom stereocenters. The number of fused-ring (bicyclic) bond motifs is 1. The van der Waals surface area contributed by atoms with Crippen molar-refractivity contribution in [2.24, 2.45) is 10.8 Å². The van der Waals surface area contributed by atoms with Crippen LogP contribution in [0.4, 0.5) is 0 Å². The van der Waals surface area contributed by atoms with Crippen molar-refractivity contribution in [1.82, 2.24) is 0 Å². The Morgan fingerprint density at radius 2 is 1.41 bits per heavy atom. The molecule has 0 aromatic heterocycles. The summed E-state index contributed by atoms with van der Waals surface area (Å²) in [6.07, 6.45) is 1.26. The lowest BCUT2D eigenvalue weighted by Crippen LogP contribution is -2.41. The normalized spacial score (nSPS) is 20.5. The number of rotatable bonds is 5. The molecular formula is C26H23ClO7. The lowest BCUT2D eigenvalue weighted by molar-refractivity contribution is -0.169. The van der Waals surface area contributed by atoms with E-state index in [1.54, 1.807) is 30.3 Å². The molecule has 0 spiro atoms. The molecule has 1 fully saturated rings. The molecule has 7 nitrogen and oxygen atoms in total. The predicted molar refractivity (Wildman–Crippen MR) is 124 cm³/mol. The molecule has 1 heterocycles. The number of carbonyl (C=O) groups is 3. The summed E-state index contributed by atoms with van der Waals surface area (Å²) in [4.78, 5) is 39.4. The van der Waals surface area contributed by atoms with Gasteiger partial charge in [-0.2, -0.15) is 0 Å². The minimum Gasteiger partial charge on any atom is -0.468 e. The zero-order chi connectivity index (χ0) is 24.5. The highest BCUT2D eigenvalue weighted by Crippen LogP contribution is 2.60. The highest BCUT2D eigenvalue weighted by atomic mass is 35.5. The Morgan fingerprint density at radius 1 is 0.824 bits per heavy atom. The fourth-order valence-electron chi connectivity index (χ4n) is 4.73. The number of hydrogen-bond acceptors (Lipinski definition) is 7. The molecule has 176 valence electrons. The smallest absolute Gasteiger partial charge is 0.323 e. The minimum atomic E-state index is -1.75. The average molecular weight is 483 g/mol. The highest BCUT2D eigenvalue weighted by molar-refractivity contribution is 6.30. The van der Waals surface area contributed by atoms with E-state index in [1.165, 1.54) is 21.3 Å². The van der Waals surface area contributed by atoms with Crippen LogP contribution in [-0.4, -0.2) is 39.2 Å². The maximum Gasteiger partial charge on any atom is 0.323 e. The Morgan fingerprint density at radius 3 is 1.97 bits per heavy atom. The van der Waals surface area contributed by atoms with E-state index in [-0.39, 0.29) is 12.8 Å². The van der Waals surface area contributed by atoms with Gasteiger partial charge in [0.15, 0.2) is 5.41 Å². The van der Waals surface area contributed by atoms with Crippen LogP contribution in [0, 0.1) is 10.8 Å². The first kappa shape index (κ1) is 23.6. The number of ether oxygens (including phenoxy) is 4. The van der Waals surface area contributed by atoms with E-state index in [4.69, 9.17) is 30.5 Å². The van der Waals surface area contributed by atoms with Crippen molar-refractivity contribution in [2.75, 3.05) is 21.3 Å². The molecule has 0 radical (unpaired) electrons. The Balaban J connectivity index is 2.03. The van der Waals surface area contributed by atoms with E-state index in [1.807, 2.05) is 30.3 Å². The number of hydrogen-bond donors (Lipinski definition) is 0. The minimum absolute atomic E-state index is 0.141. The van der Waals surface area contributed by atoms with Crippen molar-refractivity contribution in [3.05, 3.63) is 82.4 Å². The molecule has 2 aromatic rings. The Hall–Kier alpha value is -3.58. The standard InChI is InChI=1S/C26H23ClO7/c1-31-22(28)25-14-20(16-7-5-4-6-8-16)34-21(17-9-11-18(27)12-10-17)19(25)13-26(15-25,23(29)32-2)24(30)33-3/h4-12,14H,13,15H2,1-3H3. The van der Waals surface area contributed by atoms with Gasteiger partial charge in [0.2, 0.25) is 0 Å². The van der Waals surface area contributed by atoms with Crippen LogP contribution in [0.2, 0.25) is 5.02 Å². The highest BCUT2D eigenvalue weighted by Gasteiger charge is 2.66. The van der Waals surface area contributed by atoms with Gasteiger partial charge in [-0.05, 0) is 42.3 Å². The molecular weight excluding hydrogens is 460 g/mol. The second-order valence-electron chi connectivity index (χ2n) is 8.17. The third-order valence-corrected chi connectivity index (χ3v) is 6.58. The van der Waals surface area contributed by atoms with Crippen molar-refractivity contribution in [1.29, 1.82) is 0 Å². The number of benzene rings is 2. The van der Waals surface area contributed by atoms with Gasteiger partial charge >= 0.3 is 17.9 Å². The summed E-state index contributed by atoms with van der Waals surface area (Å²) in [5, 5.41) is 0.521. The Kier molecular flexibility index (Phi) is 6.23. The van der Waals surface area contributed by atoms with Crippen LogP contribution in [0.1, 0.15) is 24.0 Å². The summed E-state index contributed by atoms with van der Waals surface area (Å²) in [5.74, 6) is -1.48. The molecule has 0 amide bonds. The first-order valence-electron chi connectivity index (χ1n) is 10.5. The molecule has 34 heavy (non-hydrogen) atoms. The fraction of sp³-hybridized carbons (Fsp3) is 0.269. The molecule has 2 aromatic carbocycles. The average Bonchev–Trinajstić information content (AvgIpc) is 3.25. The summed E-state index contributed by atoms with van der Waals surface area (Å²) in [7, 11) is 3.64. The predicted octanol–water partition coefficient (Wildman–Crippen LogP) is 4.41. The lowest BCUT2D eigenvalue weighted by atomic mass is 9.76. The van der Waals surface area contributed by atoms with Gasteiger partial charge in [0.1, 0.15) is 16.9 Å². The van der Waals surface area contributed by atoms with Gasteiger partial charge in [-0.1, -0.05) is 41.9 Å². The van der Waals surface area contributed by atoms with Gasteiger partial charge in [-0.15, -0.1) is 0 Å². The fourth-order valence-corrected chi connectivity index (χ4v) is 4.85. The quantitative estimate of drug-likeness (QED) is 0.354. The van der Waals surface area contributed by atoms with Gasteiger partial charge in [-0.25, -0.2) is 0 Å². The zero-order valence-electron chi connectivity index (χ0n) is 18.9. The second kappa shape index (κ2) is 8.99. The van der Waals surface area contributed by atoms with Crippen LogP contribution in [0.5, 0.6) is 0 Å². The van der Waals surface area contributed by atoms with Crippen LogP contribution in [0.15, 0.2) is 66.2 Å². The van der Waals surface area contributed by atoms with Crippen molar-refractivity contribution in [3.63, 3.8) is 0 Å². The maximum atomic E-state index is 13.4. The summed E-state index contributed by atoms with van der Waals surface area (Å²) in [6, 6.07) is 16.1. The summed E-state index contributed by atoms with van der Waals surface area (Å²) in [6.45, 7) is 0. The van der Waals surface area contributed by atoms with Crippen molar-refractivity contribution in [3.8, 4) is 0 Å². The van der Waals surface area contributed by atoms with Crippen LogP contribution in [0.3, 0.4) is 0 Å². The van der Waals surface area contributed by atoms with Gasteiger partial charge in [0.25, 0.3) is 0 Å². The Bertz CT molecular complexity index is 1180. The third kappa shape index (κ3) is 3.66. The first-order valence-corrected chi connectivity index (χ1v) is 10.9. The molecule has 1 aliphatic heterocycles. The SMILES string of the molecule is COC(=O)C12C=C(c3ccccc3)OC(c3ccc(Cl)cc3)=C1CC(C(=O)OC)(C(=O)OC)C2. The summed E-state index contributed by atoms with van der Waals surface area (Å²) >= 11 is 6.09. The van der Waals surface area contributed by atoms with Gasteiger partial charge in [0, 0.05) is 22.6 Å². The summed E-state index contributed by atoms with van der Waals surface area (Å²) < 4.78 is 21.5. The summed E-state index contributed by atoms with van der Waals surface area (Å²) in [5.41, 5.74) is -1.45. The molecule has 0 saturated heterocycles. The first-order chi connectivity index (χ1) is 16.3. The molecule has 1 aliphatic carbocycles. The maximum absolute atomic E-state index is 13.4. The van der Waals surface area contributed by atoms with Crippen LogP contribution in [-0.2, 0) is 33.3 Å². The van der Waals surface area contributed by atoms with Crippen LogP contribution in [0.25, 0.3) is 11.5 Å². The zero-order valence-corrected chi connectivity index (χ0v) is 19.7. The molecule has 1 unspecified atom stereocenters. The van der Waals surface area contributed by atoms with Gasteiger partial charge in [-0.3, -0.25) is 14.4 Å². The molecule has 4 rings (SSSR count). The van der Waals surface area contributed by atoms with E-state index in [0.29, 0.717) is 33.2 Å². The van der Waals surface area contributed by atoms with E-state index in [2.05, 4.69) is 0 Å². The number of methoxy groups -OCH3 is 3. The second-order valence-corrected chi connectivity index (χ2v) is 8.61. The largest absolute Gasteiger partial charge is 0.468 e. The number of carbonyl (C=O) groups excluding carboxylic acids is 3. The van der Waals surface area contributed by atoms with Crippen LogP contribution >= 0.6 is 11.6 Å². The number of esters is 3. The Labute approximate surface area is 201 Å². The van der Waals surface area contributed by atoms with Crippen LogP contribution < -0.4 is 0 Å². The van der Waals surface area contributed by atoms with Crippen molar-refractivity contribution >= 4 is 41.0 Å². The van der Waals surface area contributed by atoms with E-state index in [9.17, 15) is 14.4 Å². The van der Waals surface area contributed by atoms with E-state index >= 15 is 0 Å². The molecule has 8 heteroatoms. The third-order valence-electron chi connectivity index (χ3n) is 6.33. The van der Waals surface area contributed by atoms with E-state index < -0.39 is 28.7 Å². The molecule has 0 N–H and O–H groups in total. The van der Waals surface area contributed by atoms with Gasteiger partial charge in [0.05, 0.1) is 21.3 Å². The lowest BCUT2D eigenvalue weighted by Gasteiger charge is -2.32. The molecule has 2 aliphatic rings. The number of halogens is 1. The molecule has 1 saturated carbocycles. The monoisotopic (exact) mass is 482 g/mol. The van der Waals surface area contributed by atoms with Crippen molar-refractivity contribution in [2.45, 2.75) is 12.8 Å².